The van der Waals surface area contributed by atoms with Crippen LogP contribution in [-0.2, 0) is 14.3 Å². The summed E-state index contributed by atoms with van der Waals surface area (Å²) >= 11 is 12.1. The second-order valence-electron chi connectivity index (χ2n) is 8.17. The summed E-state index contributed by atoms with van der Waals surface area (Å²) in [5.74, 6) is -0.192. The Morgan fingerprint density at radius 3 is 2.47 bits per heavy atom. The smallest absolute Gasteiger partial charge is 0.243 e. The first-order chi connectivity index (χ1) is 15.5. The number of ether oxygens (including phenoxy) is 1. The molecule has 0 aromatic heterocycles. The zero-order valence-corrected chi connectivity index (χ0v) is 19.5. The van der Waals surface area contributed by atoms with Crippen LogP contribution in [0.25, 0.3) is 0 Å². The van der Waals surface area contributed by atoms with Crippen molar-refractivity contribution < 1.29 is 14.3 Å². The van der Waals surface area contributed by atoms with Gasteiger partial charge in [0.15, 0.2) is 0 Å². The number of nitrogens with zero attached hydrogens (tertiary/aromatic N) is 2. The topological polar surface area (TPSA) is 61.9 Å². The van der Waals surface area contributed by atoms with Gasteiger partial charge in [0.05, 0.1) is 29.8 Å². The average Bonchev–Trinajstić information content (AvgIpc) is 3.61. The van der Waals surface area contributed by atoms with E-state index in [9.17, 15) is 9.59 Å². The minimum absolute atomic E-state index is 0.00129. The zero-order valence-electron chi connectivity index (χ0n) is 18.0. The van der Waals surface area contributed by atoms with Crippen molar-refractivity contribution in [1.29, 1.82) is 0 Å². The van der Waals surface area contributed by atoms with Gasteiger partial charge in [-0.3, -0.25) is 9.59 Å². The zero-order chi connectivity index (χ0) is 22.7. The number of amides is 2. The Labute approximate surface area is 198 Å². The van der Waals surface area contributed by atoms with E-state index in [1.807, 2.05) is 43.3 Å². The second kappa shape index (κ2) is 10.1. The summed E-state index contributed by atoms with van der Waals surface area (Å²) in [6.45, 7) is 5.59. The van der Waals surface area contributed by atoms with Crippen LogP contribution in [0.5, 0.6) is 0 Å². The Bertz CT molecular complexity index is 977. The molecule has 8 heteroatoms. The number of likely N-dealkylation sites (N-methyl/N-ethyl adjacent to an activating group) is 1. The van der Waals surface area contributed by atoms with E-state index in [1.165, 1.54) is 0 Å². The van der Waals surface area contributed by atoms with E-state index in [0.29, 0.717) is 16.6 Å². The van der Waals surface area contributed by atoms with Gasteiger partial charge in [0.2, 0.25) is 11.8 Å². The molecule has 0 bridgehead atoms. The summed E-state index contributed by atoms with van der Waals surface area (Å²) < 4.78 is 5.39. The molecule has 6 nitrogen and oxygen atoms in total. The highest BCUT2D eigenvalue weighted by molar-refractivity contribution is 6.42. The fraction of sp³-hybridized carbons (Fsp3) is 0.417. The summed E-state index contributed by atoms with van der Waals surface area (Å²) in [6, 6.07) is 13.3. The minimum atomic E-state index is -0.203. The Morgan fingerprint density at radius 2 is 1.81 bits per heavy atom. The third-order valence-electron chi connectivity index (χ3n) is 6.03. The van der Waals surface area contributed by atoms with E-state index < -0.39 is 0 Å². The number of rotatable bonds is 7. The lowest BCUT2D eigenvalue weighted by atomic mass is 10.1. The maximum atomic E-state index is 13.0. The average molecular weight is 476 g/mol. The van der Waals surface area contributed by atoms with Gasteiger partial charge in [-0.1, -0.05) is 29.3 Å². The SMILES string of the molecule is CCN(CC(=O)Nc1ccc(N2CCOCC2)cc1)C(=O)C1CC1c1ccc(Cl)c(Cl)c1. The fourth-order valence-corrected chi connectivity index (χ4v) is 4.42. The molecule has 4 rings (SSSR count). The van der Waals surface area contributed by atoms with Crippen molar-refractivity contribution in [2.24, 2.45) is 5.92 Å². The molecule has 1 aliphatic carbocycles. The van der Waals surface area contributed by atoms with Crippen LogP contribution in [0.3, 0.4) is 0 Å². The number of carbonyl (C=O) groups is 2. The van der Waals surface area contributed by atoms with Crippen LogP contribution < -0.4 is 10.2 Å². The molecule has 32 heavy (non-hydrogen) atoms. The maximum Gasteiger partial charge on any atom is 0.243 e. The van der Waals surface area contributed by atoms with Gasteiger partial charge in [0.1, 0.15) is 0 Å². The molecule has 1 heterocycles. The molecule has 1 aliphatic heterocycles. The normalized spacial score (nSPS) is 20.0. The fourth-order valence-electron chi connectivity index (χ4n) is 4.11. The summed E-state index contributed by atoms with van der Waals surface area (Å²) in [6.07, 6.45) is 0.762. The molecule has 0 radical (unpaired) electrons. The van der Waals surface area contributed by atoms with Crippen LogP contribution in [0, 0.1) is 5.92 Å². The van der Waals surface area contributed by atoms with Crippen molar-refractivity contribution in [2.75, 3.05) is 49.6 Å². The highest BCUT2D eigenvalue weighted by atomic mass is 35.5. The van der Waals surface area contributed by atoms with Crippen molar-refractivity contribution in [3.05, 3.63) is 58.1 Å². The number of hydrogen-bond donors (Lipinski definition) is 1. The molecule has 2 aliphatic rings. The number of nitrogens with one attached hydrogen (secondary N) is 1. The number of morpholine rings is 1. The molecule has 2 atom stereocenters. The lowest BCUT2D eigenvalue weighted by Crippen LogP contribution is -2.39. The molecule has 2 fully saturated rings. The number of carbonyl (C=O) groups excluding carboxylic acids is 2. The van der Waals surface area contributed by atoms with Crippen molar-refractivity contribution in [1.82, 2.24) is 4.90 Å². The van der Waals surface area contributed by atoms with Crippen LogP contribution in [0.2, 0.25) is 10.0 Å². The van der Waals surface area contributed by atoms with Gasteiger partial charge in [-0.25, -0.2) is 0 Å². The summed E-state index contributed by atoms with van der Waals surface area (Å²) in [7, 11) is 0. The number of hydrogen-bond acceptors (Lipinski definition) is 4. The minimum Gasteiger partial charge on any atom is -0.378 e. The van der Waals surface area contributed by atoms with Crippen LogP contribution in [0.1, 0.15) is 24.8 Å². The van der Waals surface area contributed by atoms with Gasteiger partial charge < -0.3 is 19.9 Å². The molecule has 2 unspecified atom stereocenters. The lowest BCUT2D eigenvalue weighted by molar-refractivity contribution is -0.135. The van der Waals surface area contributed by atoms with E-state index >= 15 is 0 Å². The predicted molar refractivity (Wildman–Crippen MR) is 128 cm³/mol. The standard InChI is InChI=1S/C24H27Cl2N3O3/c1-2-28(24(31)20-14-19(20)16-3-8-21(25)22(26)13-16)15-23(30)27-17-4-6-18(7-5-17)29-9-11-32-12-10-29/h3-8,13,19-20H,2,9-12,14-15H2,1H3,(H,27,30). The van der Waals surface area contributed by atoms with E-state index in [-0.39, 0.29) is 30.2 Å². The third kappa shape index (κ3) is 5.37. The molecule has 2 aromatic rings. The van der Waals surface area contributed by atoms with E-state index in [1.54, 1.807) is 11.0 Å². The predicted octanol–water partition coefficient (Wildman–Crippen LogP) is 4.42. The van der Waals surface area contributed by atoms with E-state index in [2.05, 4.69) is 10.2 Å². The van der Waals surface area contributed by atoms with Gasteiger partial charge >= 0.3 is 0 Å². The molecular formula is C24H27Cl2N3O3. The number of anilines is 2. The van der Waals surface area contributed by atoms with E-state index in [0.717, 1.165) is 49.7 Å². The molecule has 0 spiro atoms. The summed E-state index contributed by atoms with van der Waals surface area (Å²) in [4.78, 5) is 29.4. The lowest BCUT2D eigenvalue weighted by Gasteiger charge is -2.29. The van der Waals surface area contributed by atoms with Crippen LogP contribution in [0.4, 0.5) is 11.4 Å². The van der Waals surface area contributed by atoms with Gasteiger partial charge in [0, 0.05) is 36.9 Å². The molecule has 1 saturated heterocycles. The summed E-state index contributed by atoms with van der Waals surface area (Å²) in [5, 5.41) is 3.90. The highest BCUT2D eigenvalue weighted by Crippen LogP contribution is 2.49. The first-order valence-corrected chi connectivity index (χ1v) is 11.7. The largest absolute Gasteiger partial charge is 0.378 e. The monoisotopic (exact) mass is 475 g/mol. The Hall–Kier alpha value is -2.28. The first-order valence-electron chi connectivity index (χ1n) is 10.9. The highest BCUT2D eigenvalue weighted by Gasteiger charge is 2.45. The van der Waals surface area contributed by atoms with Crippen LogP contribution >= 0.6 is 23.2 Å². The number of benzene rings is 2. The van der Waals surface area contributed by atoms with Gasteiger partial charge in [-0.15, -0.1) is 0 Å². The molecule has 1 saturated carbocycles. The Balaban J connectivity index is 1.30. The third-order valence-corrected chi connectivity index (χ3v) is 6.77. The van der Waals surface area contributed by atoms with Crippen molar-refractivity contribution in [3.8, 4) is 0 Å². The number of halogens is 2. The van der Waals surface area contributed by atoms with Crippen LogP contribution in [-0.4, -0.2) is 56.1 Å². The van der Waals surface area contributed by atoms with Gasteiger partial charge in [-0.2, -0.15) is 0 Å². The van der Waals surface area contributed by atoms with Gasteiger partial charge in [-0.05, 0) is 61.2 Å². The van der Waals surface area contributed by atoms with Crippen molar-refractivity contribution in [3.63, 3.8) is 0 Å². The quantitative estimate of drug-likeness (QED) is 0.643. The Morgan fingerprint density at radius 1 is 1.09 bits per heavy atom. The van der Waals surface area contributed by atoms with Crippen molar-refractivity contribution >= 4 is 46.4 Å². The molecular weight excluding hydrogens is 449 g/mol. The van der Waals surface area contributed by atoms with Crippen molar-refractivity contribution in [2.45, 2.75) is 19.3 Å². The molecule has 2 aromatic carbocycles. The summed E-state index contributed by atoms with van der Waals surface area (Å²) in [5.41, 5.74) is 2.84. The van der Waals surface area contributed by atoms with Crippen LogP contribution in [0.15, 0.2) is 42.5 Å². The molecule has 2 amide bonds. The molecule has 170 valence electrons. The van der Waals surface area contributed by atoms with Gasteiger partial charge in [0.25, 0.3) is 0 Å². The second-order valence-corrected chi connectivity index (χ2v) is 8.98. The Kier molecular flexibility index (Phi) is 7.23. The first kappa shape index (κ1) is 22.9. The van der Waals surface area contributed by atoms with E-state index in [4.69, 9.17) is 27.9 Å². The molecule has 1 N–H and O–H groups in total. The maximum absolute atomic E-state index is 13.0.